The average Bonchev–Trinajstić information content (AvgIpc) is 2.98. The molecule has 1 fully saturated rings. The molecule has 0 saturated carbocycles. The van der Waals surface area contributed by atoms with Crippen LogP contribution in [0, 0.1) is 0 Å². The molecule has 0 radical (unpaired) electrons. The number of hydrogen-bond acceptors (Lipinski definition) is 3. The predicted octanol–water partition coefficient (Wildman–Crippen LogP) is 3.81. The first-order chi connectivity index (χ1) is 12.8. The topological polar surface area (TPSA) is 77.8 Å². The van der Waals surface area contributed by atoms with Gasteiger partial charge in [0.1, 0.15) is 0 Å². The lowest BCUT2D eigenvalue weighted by atomic mass is 9.95. The Morgan fingerprint density at radius 2 is 2.04 bits per heavy atom. The first-order valence-electron chi connectivity index (χ1n) is 9.83. The first-order valence-corrected chi connectivity index (χ1v) is 9.83. The number of aromatic carboxylic acids is 1. The zero-order valence-corrected chi connectivity index (χ0v) is 16.4. The molecular formula is C22H31NO4. The molecule has 0 spiro atoms. The van der Waals surface area contributed by atoms with Crippen molar-refractivity contribution in [1.82, 2.24) is 4.90 Å². The number of benzene rings is 1. The second kappa shape index (κ2) is 9.70. The number of hydrogen-bond donors (Lipinski definition) is 2. The Kier molecular flexibility index (Phi) is 7.60. The Bertz CT molecular complexity index is 663. The van der Waals surface area contributed by atoms with Crippen molar-refractivity contribution >= 4 is 11.9 Å². The third kappa shape index (κ3) is 6.51. The van der Waals surface area contributed by atoms with Crippen LogP contribution in [0.25, 0.3) is 0 Å². The summed E-state index contributed by atoms with van der Waals surface area (Å²) in [5.74, 6) is -0.777. The van der Waals surface area contributed by atoms with Gasteiger partial charge in [-0.2, -0.15) is 0 Å². The van der Waals surface area contributed by atoms with Crippen LogP contribution in [0.4, 0.5) is 0 Å². The maximum atomic E-state index is 12.2. The molecule has 1 heterocycles. The first kappa shape index (κ1) is 21.2. The lowest BCUT2D eigenvalue weighted by Gasteiger charge is -2.24. The van der Waals surface area contributed by atoms with Crippen LogP contribution in [0.15, 0.2) is 36.4 Å². The molecule has 1 aromatic rings. The SMILES string of the molecule is CCCC[C@](C)(O)C/C=C/C1CCC(=O)N1CCc1ccc(C(=O)O)cc1. The number of carbonyl (C=O) groups excluding carboxylic acids is 1. The molecule has 1 aliphatic heterocycles. The standard InChI is InChI=1S/C22H31NO4/c1-3-4-14-22(2,27)15-5-6-19-11-12-20(24)23(19)16-13-17-7-9-18(10-8-17)21(25)26/h5-10,19,27H,3-4,11-16H2,1-2H3,(H,25,26)/b6-5+/t19?,22-/m0/s1. The summed E-state index contributed by atoms with van der Waals surface area (Å²) in [6.45, 7) is 4.60. The fourth-order valence-electron chi connectivity index (χ4n) is 3.45. The van der Waals surface area contributed by atoms with Crippen molar-refractivity contribution in [2.45, 2.75) is 70.4 Å². The van der Waals surface area contributed by atoms with E-state index in [0.29, 0.717) is 25.8 Å². The molecule has 5 nitrogen and oxygen atoms in total. The second-order valence-electron chi connectivity index (χ2n) is 7.68. The molecule has 0 aromatic heterocycles. The van der Waals surface area contributed by atoms with E-state index in [1.165, 1.54) is 0 Å². The number of rotatable bonds is 10. The van der Waals surface area contributed by atoms with Gasteiger partial charge in [-0.15, -0.1) is 0 Å². The Balaban J connectivity index is 1.89. The summed E-state index contributed by atoms with van der Waals surface area (Å²) in [5.41, 5.74) is 0.600. The molecule has 2 atom stereocenters. The van der Waals surface area contributed by atoms with E-state index in [-0.39, 0.29) is 17.5 Å². The minimum absolute atomic E-state index is 0.0813. The number of carboxylic acid groups (broad SMARTS) is 1. The molecule has 0 bridgehead atoms. The number of unbranched alkanes of at least 4 members (excludes halogenated alkanes) is 1. The highest BCUT2D eigenvalue weighted by atomic mass is 16.4. The number of aliphatic hydroxyl groups is 1. The maximum Gasteiger partial charge on any atom is 0.335 e. The summed E-state index contributed by atoms with van der Waals surface area (Å²) < 4.78 is 0. The van der Waals surface area contributed by atoms with E-state index in [0.717, 1.165) is 31.2 Å². The number of amides is 1. The van der Waals surface area contributed by atoms with Gasteiger partial charge in [-0.25, -0.2) is 4.79 Å². The Morgan fingerprint density at radius 3 is 2.67 bits per heavy atom. The zero-order valence-electron chi connectivity index (χ0n) is 16.4. The summed E-state index contributed by atoms with van der Waals surface area (Å²) in [4.78, 5) is 25.0. The molecule has 1 aliphatic rings. The molecular weight excluding hydrogens is 342 g/mol. The quantitative estimate of drug-likeness (QED) is 0.612. The smallest absolute Gasteiger partial charge is 0.335 e. The Morgan fingerprint density at radius 1 is 1.33 bits per heavy atom. The summed E-state index contributed by atoms with van der Waals surface area (Å²) in [7, 11) is 0. The fourth-order valence-corrected chi connectivity index (χ4v) is 3.45. The van der Waals surface area contributed by atoms with Crippen LogP contribution in [-0.4, -0.2) is 45.2 Å². The molecule has 148 valence electrons. The number of likely N-dealkylation sites (tertiary alicyclic amines) is 1. The van der Waals surface area contributed by atoms with Crippen molar-refractivity contribution in [3.8, 4) is 0 Å². The molecule has 27 heavy (non-hydrogen) atoms. The van der Waals surface area contributed by atoms with Crippen LogP contribution in [0.1, 0.15) is 68.3 Å². The second-order valence-corrected chi connectivity index (χ2v) is 7.68. The zero-order chi connectivity index (χ0) is 19.9. The van der Waals surface area contributed by atoms with E-state index < -0.39 is 11.6 Å². The van der Waals surface area contributed by atoms with Crippen LogP contribution in [0.2, 0.25) is 0 Å². The fraction of sp³-hybridized carbons (Fsp3) is 0.545. The normalized spacial score (nSPS) is 19.6. The van der Waals surface area contributed by atoms with Crippen LogP contribution in [0.5, 0.6) is 0 Å². The minimum Gasteiger partial charge on any atom is -0.478 e. The average molecular weight is 373 g/mol. The monoisotopic (exact) mass is 373 g/mol. The van der Waals surface area contributed by atoms with Gasteiger partial charge in [-0.3, -0.25) is 4.79 Å². The van der Waals surface area contributed by atoms with Gasteiger partial charge in [0, 0.05) is 13.0 Å². The molecule has 2 N–H and O–H groups in total. The molecule has 1 aromatic carbocycles. The van der Waals surface area contributed by atoms with Gasteiger partial charge in [0.05, 0.1) is 17.2 Å². The van der Waals surface area contributed by atoms with E-state index in [4.69, 9.17) is 5.11 Å². The predicted molar refractivity (Wildman–Crippen MR) is 106 cm³/mol. The lowest BCUT2D eigenvalue weighted by molar-refractivity contribution is -0.128. The van der Waals surface area contributed by atoms with Crippen molar-refractivity contribution in [1.29, 1.82) is 0 Å². The third-order valence-corrected chi connectivity index (χ3v) is 5.20. The summed E-state index contributed by atoms with van der Waals surface area (Å²) in [6, 6.07) is 6.88. The number of carbonyl (C=O) groups is 2. The van der Waals surface area contributed by atoms with Crippen molar-refractivity contribution < 1.29 is 19.8 Å². The van der Waals surface area contributed by atoms with Gasteiger partial charge in [0.15, 0.2) is 0 Å². The molecule has 1 amide bonds. The van der Waals surface area contributed by atoms with Crippen molar-refractivity contribution in [2.24, 2.45) is 0 Å². The van der Waals surface area contributed by atoms with Crippen molar-refractivity contribution in [3.63, 3.8) is 0 Å². The molecule has 5 heteroatoms. The van der Waals surface area contributed by atoms with Gasteiger partial charge in [-0.1, -0.05) is 44.1 Å². The van der Waals surface area contributed by atoms with Crippen molar-refractivity contribution in [2.75, 3.05) is 6.54 Å². The molecule has 0 aliphatic carbocycles. The summed E-state index contributed by atoms with van der Waals surface area (Å²) in [6.07, 6.45) is 9.59. The van der Waals surface area contributed by atoms with Gasteiger partial charge >= 0.3 is 5.97 Å². The molecule has 1 saturated heterocycles. The van der Waals surface area contributed by atoms with Crippen LogP contribution in [-0.2, 0) is 11.2 Å². The highest BCUT2D eigenvalue weighted by molar-refractivity contribution is 5.87. The van der Waals surface area contributed by atoms with Gasteiger partial charge in [0.2, 0.25) is 5.91 Å². The minimum atomic E-state index is -0.934. The van der Waals surface area contributed by atoms with Crippen LogP contribution < -0.4 is 0 Å². The van der Waals surface area contributed by atoms with Crippen molar-refractivity contribution in [3.05, 3.63) is 47.5 Å². The Labute approximate surface area is 161 Å². The van der Waals surface area contributed by atoms with E-state index in [1.54, 1.807) is 24.3 Å². The maximum absolute atomic E-state index is 12.2. The van der Waals surface area contributed by atoms with E-state index in [9.17, 15) is 14.7 Å². The number of carboxylic acids is 1. The van der Waals surface area contributed by atoms with Crippen LogP contribution in [0.3, 0.4) is 0 Å². The molecule has 1 unspecified atom stereocenters. The number of nitrogens with zero attached hydrogens (tertiary/aromatic N) is 1. The largest absolute Gasteiger partial charge is 0.478 e. The lowest BCUT2D eigenvalue weighted by Crippen LogP contribution is -2.33. The van der Waals surface area contributed by atoms with Gasteiger partial charge < -0.3 is 15.1 Å². The Hall–Kier alpha value is -2.14. The van der Waals surface area contributed by atoms with Crippen LogP contribution >= 0.6 is 0 Å². The highest BCUT2D eigenvalue weighted by Crippen LogP contribution is 2.23. The summed E-state index contributed by atoms with van der Waals surface area (Å²) >= 11 is 0. The van der Waals surface area contributed by atoms with Gasteiger partial charge in [-0.05, 0) is 50.3 Å². The summed E-state index contributed by atoms with van der Waals surface area (Å²) in [5, 5.41) is 19.3. The van der Waals surface area contributed by atoms with E-state index in [1.807, 2.05) is 17.9 Å². The van der Waals surface area contributed by atoms with Gasteiger partial charge in [0.25, 0.3) is 0 Å². The molecule has 2 rings (SSSR count). The highest BCUT2D eigenvalue weighted by Gasteiger charge is 2.28. The van der Waals surface area contributed by atoms with E-state index in [2.05, 4.69) is 13.0 Å². The van der Waals surface area contributed by atoms with E-state index >= 15 is 0 Å². The third-order valence-electron chi connectivity index (χ3n) is 5.20.